The van der Waals surface area contributed by atoms with Crippen molar-refractivity contribution >= 4 is 33.6 Å². The van der Waals surface area contributed by atoms with Crippen molar-refractivity contribution in [3.05, 3.63) is 58.6 Å². The molecular weight excluding hydrogens is 400 g/mol. The van der Waals surface area contributed by atoms with Crippen LogP contribution in [0.1, 0.15) is 12.0 Å². The number of carbonyl (C=O) groups excluding carboxylic acids is 1. The summed E-state index contributed by atoms with van der Waals surface area (Å²) in [7, 11) is 0. The number of ether oxygens (including phenoxy) is 1. The molecule has 0 saturated heterocycles. The second kappa shape index (κ2) is 9.64. The zero-order valence-electron chi connectivity index (χ0n) is 12.7. The first-order valence-electron chi connectivity index (χ1n) is 7.22. The van der Waals surface area contributed by atoms with Crippen molar-refractivity contribution in [3.8, 4) is 5.75 Å². The highest BCUT2D eigenvalue weighted by molar-refractivity contribution is 9.10. The number of rotatable bonds is 8. The molecule has 2 rings (SSSR count). The van der Waals surface area contributed by atoms with Crippen LogP contribution in [0.25, 0.3) is 0 Å². The fraction of sp³-hybridized carbons (Fsp3) is 0.235. The molecule has 0 saturated carbocycles. The fourth-order valence-electron chi connectivity index (χ4n) is 1.94. The van der Waals surface area contributed by atoms with Crippen molar-refractivity contribution in [1.82, 2.24) is 5.32 Å². The lowest BCUT2D eigenvalue weighted by Gasteiger charge is -2.08. The van der Waals surface area contributed by atoms with E-state index >= 15 is 0 Å². The Labute approximate surface area is 151 Å². The lowest BCUT2D eigenvalue weighted by molar-refractivity contribution is -0.120. The molecule has 1 N–H and O–H groups in total. The van der Waals surface area contributed by atoms with Crippen LogP contribution in [0, 0.1) is 0 Å². The third-order valence-corrected chi connectivity index (χ3v) is 5.07. The summed E-state index contributed by atoms with van der Waals surface area (Å²) in [5.74, 6) is 0.652. The van der Waals surface area contributed by atoms with Crippen LogP contribution in [-0.4, -0.2) is 18.3 Å². The molecule has 128 valence electrons. The smallest absolute Gasteiger partial charge is 0.387 e. The van der Waals surface area contributed by atoms with Gasteiger partial charge < -0.3 is 10.1 Å². The maximum Gasteiger partial charge on any atom is 0.387 e. The van der Waals surface area contributed by atoms with Gasteiger partial charge in [0.1, 0.15) is 5.75 Å². The number of hydrogen-bond donors (Lipinski definition) is 1. The van der Waals surface area contributed by atoms with E-state index in [2.05, 4.69) is 26.0 Å². The number of alkyl halides is 2. The summed E-state index contributed by atoms with van der Waals surface area (Å²) in [4.78, 5) is 13.0. The van der Waals surface area contributed by atoms with E-state index in [9.17, 15) is 13.6 Å². The highest BCUT2D eigenvalue weighted by Crippen LogP contribution is 2.27. The van der Waals surface area contributed by atoms with E-state index in [-0.39, 0.29) is 18.2 Å². The van der Waals surface area contributed by atoms with E-state index in [1.165, 1.54) is 12.1 Å². The van der Waals surface area contributed by atoms with Crippen molar-refractivity contribution in [1.29, 1.82) is 0 Å². The van der Waals surface area contributed by atoms with E-state index in [1.807, 2.05) is 24.3 Å². The lowest BCUT2D eigenvalue weighted by Crippen LogP contribution is -2.23. The predicted molar refractivity (Wildman–Crippen MR) is 94.4 cm³/mol. The number of amides is 1. The Bertz CT molecular complexity index is 685. The monoisotopic (exact) mass is 415 g/mol. The molecule has 0 atom stereocenters. The number of carbonyl (C=O) groups is 1. The molecule has 0 aliphatic carbocycles. The number of thioether (sulfide) groups is 1. The van der Waals surface area contributed by atoms with Gasteiger partial charge in [-0.1, -0.05) is 24.3 Å². The van der Waals surface area contributed by atoms with E-state index in [4.69, 9.17) is 0 Å². The molecule has 0 aromatic heterocycles. The van der Waals surface area contributed by atoms with Crippen LogP contribution < -0.4 is 10.1 Å². The molecule has 2 aromatic carbocycles. The summed E-state index contributed by atoms with van der Waals surface area (Å²) in [5, 5.41) is 2.77. The predicted octanol–water partition coefficient (Wildman–Crippen LogP) is 4.85. The van der Waals surface area contributed by atoms with Gasteiger partial charge in [-0.25, -0.2) is 0 Å². The standard InChI is InChI=1S/C17H16BrF2NO2S/c18-14-6-1-2-7-15(14)24-9-8-16(22)21-11-12-4-3-5-13(10-12)23-17(19)20/h1-7,10,17H,8-9,11H2,(H,21,22). The minimum atomic E-state index is -2.86. The molecule has 2 aromatic rings. The molecule has 0 aliphatic rings. The summed E-state index contributed by atoms with van der Waals surface area (Å²) >= 11 is 5.06. The second-order valence-electron chi connectivity index (χ2n) is 4.83. The van der Waals surface area contributed by atoms with Gasteiger partial charge in [0.25, 0.3) is 0 Å². The van der Waals surface area contributed by atoms with Crippen molar-refractivity contribution in [2.45, 2.75) is 24.5 Å². The van der Waals surface area contributed by atoms with Crippen LogP contribution >= 0.6 is 27.7 Å². The summed E-state index contributed by atoms with van der Waals surface area (Å²) in [6, 6.07) is 14.1. The van der Waals surface area contributed by atoms with Gasteiger partial charge >= 0.3 is 6.61 Å². The molecular formula is C17H16BrF2NO2S. The number of benzene rings is 2. The SMILES string of the molecule is O=C(CCSc1ccccc1Br)NCc1cccc(OC(F)F)c1. The van der Waals surface area contributed by atoms with Gasteiger partial charge in [0, 0.05) is 28.1 Å². The van der Waals surface area contributed by atoms with Gasteiger partial charge in [0.2, 0.25) is 5.91 Å². The van der Waals surface area contributed by atoms with Crippen molar-refractivity contribution in [3.63, 3.8) is 0 Å². The fourth-order valence-corrected chi connectivity index (χ4v) is 3.45. The molecule has 0 spiro atoms. The van der Waals surface area contributed by atoms with E-state index in [0.29, 0.717) is 17.7 Å². The quantitative estimate of drug-likeness (QED) is 0.626. The first-order valence-corrected chi connectivity index (χ1v) is 9.00. The first kappa shape index (κ1) is 18.7. The summed E-state index contributed by atoms with van der Waals surface area (Å²) in [6.07, 6.45) is 0.374. The summed E-state index contributed by atoms with van der Waals surface area (Å²) in [6.45, 7) is -2.58. The average Bonchev–Trinajstić information content (AvgIpc) is 2.54. The molecule has 0 aliphatic heterocycles. The van der Waals surface area contributed by atoms with Crippen LogP contribution in [0.15, 0.2) is 57.9 Å². The molecule has 1 amide bonds. The topological polar surface area (TPSA) is 38.3 Å². The van der Waals surface area contributed by atoms with Gasteiger partial charge in [0.15, 0.2) is 0 Å². The van der Waals surface area contributed by atoms with E-state index in [1.54, 1.807) is 23.9 Å². The minimum absolute atomic E-state index is 0.0845. The Hall–Kier alpha value is -1.60. The molecule has 0 heterocycles. The highest BCUT2D eigenvalue weighted by Gasteiger charge is 2.06. The Balaban J connectivity index is 1.74. The molecule has 7 heteroatoms. The van der Waals surface area contributed by atoms with Gasteiger partial charge in [-0.05, 0) is 45.8 Å². The van der Waals surface area contributed by atoms with Gasteiger partial charge in [-0.15, -0.1) is 11.8 Å². The molecule has 0 bridgehead atoms. The zero-order valence-corrected chi connectivity index (χ0v) is 15.1. The number of hydrogen-bond acceptors (Lipinski definition) is 3. The van der Waals surface area contributed by atoms with E-state index < -0.39 is 6.61 Å². The Morgan fingerprint density at radius 1 is 1.21 bits per heavy atom. The summed E-state index contributed by atoms with van der Waals surface area (Å²) in [5.41, 5.74) is 0.708. The summed E-state index contributed by atoms with van der Waals surface area (Å²) < 4.78 is 29.7. The Kier molecular flexibility index (Phi) is 7.52. The molecule has 24 heavy (non-hydrogen) atoms. The third kappa shape index (κ3) is 6.49. The minimum Gasteiger partial charge on any atom is -0.435 e. The Morgan fingerprint density at radius 2 is 2.00 bits per heavy atom. The maximum absolute atomic E-state index is 12.2. The largest absolute Gasteiger partial charge is 0.435 e. The molecule has 0 fully saturated rings. The van der Waals surface area contributed by atoms with Crippen LogP contribution in [0.2, 0.25) is 0 Å². The van der Waals surface area contributed by atoms with E-state index in [0.717, 1.165) is 9.37 Å². The Morgan fingerprint density at radius 3 is 2.75 bits per heavy atom. The van der Waals surface area contributed by atoms with Crippen LogP contribution in [0.5, 0.6) is 5.75 Å². The lowest BCUT2D eigenvalue weighted by atomic mass is 10.2. The maximum atomic E-state index is 12.2. The van der Waals surface area contributed by atoms with Crippen molar-refractivity contribution in [2.24, 2.45) is 0 Å². The van der Waals surface area contributed by atoms with Crippen LogP contribution in [-0.2, 0) is 11.3 Å². The third-order valence-electron chi connectivity index (χ3n) is 3.04. The van der Waals surface area contributed by atoms with Gasteiger partial charge in [0.05, 0.1) is 0 Å². The molecule has 0 radical (unpaired) electrons. The second-order valence-corrected chi connectivity index (χ2v) is 6.82. The van der Waals surface area contributed by atoms with Crippen LogP contribution in [0.4, 0.5) is 8.78 Å². The number of halogens is 3. The number of nitrogens with one attached hydrogen (secondary N) is 1. The average molecular weight is 416 g/mol. The normalized spacial score (nSPS) is 10.7. The molecule has 3 nitrogen and oxygen atoms in total. The molecule has 0 unspecified atom stereocenters. The van der Waals surface area contributed by atoms with Crippen molar-refractivity contribution < 1.29 is 18.3 Å². The first-order chi connectivity index (χ1) is 11.5. The van der Waals surface area contributed by atoms with Crippen LogP contribution in [0.3, 0.4) is 0 Å². The highest BCUT2D eigenvalue weighted by atomic mass is 79.9. The van der Waals surface area contributed by atoms with Gasteiger partial charge in [-0.3, -0.25) is 4.79 Å². The zero-order chi connectivity index (χ0) is 17.4. The van der Waals surface area contributed by atoms with Gasteiger partial charge in [-0.2, -0.15) is 8.78 Å². The van der Waals surface area contributed by atoms with Crippen molar-refractivity contribution in [2.75, 3.05) is 5.75 Å².